The standard InChI is InChI=1S/C13H18Br2N2O2/c1-7(2)10(16)5-13(18)17-11-6-12(19-3)9(15)4-8(11)14/h4,6-7,10H,5,16H2,1-3H3,(H,17,18). The summed E-state index contributed by atoms with van der Waals surface area (Å²) in [5, 5.41) is 2.83. The van der Waals surface area contributed by atoms with Crippen LogP contribution in [0.3, 0.4) is 0 Å². The van der Waals surface area contributed by atoms with Crippen molar-refractivity contribution in [3.8, 4) is 5.75 Å². The van der Waals surface area contributed by atoms with Crippen LogP contribution in [-0.2, 0) is 4.79 Å². The number of anilines is 1. The molecule has 6 heteroatoms. The van der Waals surface area contributed by atoms with Crippen LogP contribution in [-0.4, -0.2) is 19.1 Å². The van der Waals surface area contributed by atoms with Gasteiger partial charge < -0.3 is 15.8 Å². The van der Waals surface area contributed by atoms with Gasteiger partial charge in [-0.1, -0.05) is 13.8 Å². The van der Waals surface area contributed by atoms with Crippen molar-refractivity contribution in [2.75, 3.05) is 12.4 Å². The average molecular weight is 394 g/mol. The third-order valence-electron chi connectivity index (χ3n) is 2.79. The molecule has 0 radical (unpaired) electrons. The van der Waals surface area contributed by atoms with Gasteiger partial charge in [-0.05, 0) is 43.8 Å². The van der Waals surface area contributed by atoms with E-state index in [1.54, 1.807) is 13.2 Å². The first kappa shape index (κ1) is 16.5. The molecule has 0 aliphatic carbocycles. The Bertz CT molecular complexity index is 464. The highest BCUT2D eigenvalue weighted by atomic mass is 79.9. The summed E-state index contributed by atoms with van der Waals surface area (Å²) < 4.78 is 6.80. The van der Waals surface area contributed by atoms with Crippen LogP contribution in [0.15, 0.2) is 21.1 Å². The van der Waals surface area contributed by atoms with E-state index in [-0.39, 0.29) is 17.9 Å². The van der Waals surface area contributed by atoms with E-state index >= 15 is 0 Å². The summed E-state index contributed by atoms with van der Waals surface area (Å²) in [4.78, 5) is 11.9. The van der Waals surface area contributed by atoms with Crippen LogP contribution >= 0.6 is 31.9 Å². The van der Waals surface area contributed by atoms with E-state index in [1.165, 1.54) is 0 Å². The molecule has 0 bridgehead atoms. The Labute approximate surface area is 130 Å². The number of hydrogen-bond acceptors (Lipinski definition) is 3. The van der Waals surface area contributed by atoms with Gasteiger partial charge in [-0.3, -0.25) is 4.79 Å². The Morgan fingerprint density at radius 2 is 2.00 bits per heavy atom. The molecule has 0 heterocycles. The van der Waals surface area contributed by atoms with Gasteiger partial charge in [0.2, 0.25) is 5.91 Å². The number of carbonyl (C=O) groups is 1. The highest BCUT2D eigenvalue weighted by molar-refractivity contribution is 9.11. The van der Waals surface area contributed by atoms with Gasteiger partial charge in [0.25, 0.3) is 0 Å². The fraction of sp³-hybridized carbons (Fsp3) is 0.462. The van der Waals surface area contributed by atoms with E-state index < -0.39 is 0 Å². The minimum Gasteiger partial charge on any atom is -0.495 e. The zero-order valence-electron chi connectivity index (χ0n) is 11.2. The number of amides is 1. The molecule has 1 atom stereocenters. The van der Waals surface area contributed by atoms with E-state index in [9.17, 15) is 4.79 Å². The summed E-state index contributed by atoms with van der Waals surface area (Å²) in [5.74, 6) is 0.826. The highest BCUT2D eigenvalue weighted by Crippen LogP contribution is 2.34. The molecule has 4 nitrogen and oxygen atoms in total. The van der Waals surface area contributed by atoms with Crippen LogP contribution < -0.4 is 15.8 Å². The third-order valence-corrected chi connectivity index (χ3v) is 4.07. The topological polar surface area (TPSA) is 64.3 Å². The Balaban J connectivity index is 2.79. The van der Waals surface area contributed by atoms with E-state index in [4.69, 9.17) is 10.5 Å². The number of halogens is 2. The van der Waals surface area contributed by atoms with Gasteiger partial charge in [-0.25, -0.2) is 0 Å². The van der Waals surface area contributed by atoms with Crippen molar-refractivity contribution in [2.24, 2.45) is 11.7 Å². The number of ether oxygens (including phenoxy) is 1. The van der Waals surface area contributed by atoms with Crippen molar-refractivity contribution in [3.63, 3.8) is 0 Å². The molecular formula is C13H18Br2N2O2. The molecule has 19 heavy (non-hydrogen) atoms. The Morgan fingerprint density at radius 1 is 1.37 bits per heavy atom. The highest BCUT2D eigenvalue weighted by Gasteiger charge is 2.15. The average Bonchev–Trinajstić information content (AvgIpc) is 2.32. The normalized spacial score (nSPS) is 12.4. The predicted molar refractivity (Wildman–Crippen MR) is 84.5 cm³/mol. The van der Waals surface area contributed by atoms with Crippen molar-refractivity contribution >= 4 is 43.5 Å². The maximum absolute atomic E-state index is 11.9. The maximum atomic E-state index is 11.9. The summed E-state index contributed by atoms with van der Waals surface area (Å²) >= 11 is 6.78. The molecule has 0 aromatic heterocycles. The number of nitrogens with one attached hydrogen (secondary N) is 1. The Morgan fingerprint density at radius 3 is 2.53 bits per heavy atom. The number of nitrogens with two attached hydrogens (primary N) is 1. The van der Waals surface area contributed by atoms with Gasteiger partial charge in [0.05, 0.1) is 17.3 Å². The predicted octanol–water partition coefficient (Wildman–Crippen LogP) is 3.53. The fourth-order valence-corrected chi connectivity index (χ4v) is 2.69. The molecule has 0 spiro atoms. The van der Waals surface area contributed by atoms with Gasteiger partial charge >= 0.3 is 0 Å². The van der Waals surface area contributed by atoms with E-state index in [0.29, 0.717) is 17.9 Å². The molecule has 1 aromatic rings. The van der Waals surface area contributed by atoms with Crippen molar-refractivity contribution in [1.82, 2.24) is 0 Å². The lowest BCUT2D eigenvalue weighted by atomic mass is 10.0. The largest absolute Gasteiger partial charge is 0.495 e. The molecule has 0 aliphatic heterocycles. The number of hydrogen-bond donors (Lipinski definition) is 2. The second-order valence-electron chi connectivity index (χ2n) is 4.63. The molecule has 106 valence electrons. The van der Waals surface area contributed by atoms with E-state index in [0.717, 1.165) is 8.95 Å². The van der Waals surface area contributed by atoms with Crippen LogP contribution in [0.1, 0.15) is 20.3 Å². The van der Waals surface area contributed by atoms with Crippen LogP contribution in [0.4, 0.5) is 5.69 Å². The fourth-order valence-electron chi connectivity index (χ4n) is 1.43. The molecule has 1 amide bonds. The monoisotopic (exact) mass is 392 g/mol. The van der Waals surface area contributed by atoms with Crippen molar-refractivity contribution in [1.29, 1.82) is 0 Å². The molecule has 0 fully saturated rings. The number of rotatable bonds is 5. The molecule has 0 saturated heterocycles. The van der Waals surface area contributed by atoms with Crippen molar-refractivity contribution in [3.05, 3.63) is 21.1 Å². The summed E-state index contributed by atoms with van der Waals surface area (Å²) in [6, 6.07) is 3.44. The number of methoxy groups -OCH3 is 1. The summed E-state index contributed by atoms with van der Waals surface area (Å²) in [5.41, 5.74) is 6.55. The second kappa shape index (κ2) is 7.26. The minimum absolute atomic E-state index is 0.105. The van der Waals surface area contributed by atoms with Gasteiger partial charge in [-0.15, -0.1) is 0 Å². The Hall–Kier alpha value is -0.590. The first-order chi connectivity index (χ1) is 8.85. The minimum atomic E-state index is -0.142. The van der Waals surface area contributed by atoms with Crippen molar-refractivity contribution < 1.29 is 9.53 Å². The number of carbonyl (C=O) groups excluding carboxylic acids is 1. The Kier molecular flexibility index (Phi) is 6.29. The summed E-state index contributed by atoms with van der Waals surface area (Å²) in [7, 11) is 1.58. The number of benzene rings is 1. The summed E-state index contributed by atoms with van der Waals surface area (Å²) in [6.07, 6.45) is 0.294. The third kappa shape index (κ3) is 4.78. The molecule has 0 saturated carbocycles. The second-order valence-corrected chi connectivity index (χ2v) is 6.34. The molecule has 0 aliphatic rings. The zero-order valence-corrected chi connectivity index (χ0v) is 14.3. The van der Waals surface area contributed by atoms with Crippen LogP contribution in [0.5, 0.6) is 5.75 Å². The van der Waals surface area contributed by atoms with Crippen LogP contribution in [0.2, 0.25) is 0 Å². The smallest absolute Gasteiger partial charge is 0.225 e. The first-order valence-electron chi connectivity index (χ1n) is 5.93. The van der Waals surface area contributed by atoms with Gasteiger partial charge in [0.1, 0.15) is 5.75 Å². The first-order valence-corrected chi connectivity index (χ1v) is 7.52. The molecule has 1 unspecified atom stereocenters. The zero-order chi connectivity index (χ0) is 14.6. The molecule has 1 rings (SSSR count). The summed E-state index contributed by atoms with van der Waals surface area (Å²) in [6.45, 7) is 3.99. The van der Waals surface area contributed by atoms with E-state index in [2.05, 4.69) is 37.2 Å². The van der Waals surface area contributed by atoms with Gasteiger partial charge in [-0.2, -0.15) is 0 Å². The quantitative estimate of drug-likeness (QED) is 0.804. The van der Waals surface area contributed by atoms with Crippen molar-refractivity contribution in [2.45, 2.75) is 26.3 Å². The lowest BCUT2D eigenvalue weighted by Gasteiger charge is -2.16. The molecular weight excluding hydrogens is 376 g/mol. The lowest BCUT2D eigenvalue weighted by Crippen LogP contribution is -2.31. The van der Waals surface area contributed by atoms with Crippen LogP contribution in [0.25, 0.3) is 0 Å². The van der Waals surface area contributed by atoms with Gasteiger partial charge in [0, 0.05) is 23.0 Å². The van der Waals surface area contributed by atoms with Gasteiger partial charge in [0.15, 0.2) is 0 Å². The lowest BCUT2D eigenvalue weighted by molar-refractivity contribution is -0.116. The van der Waals surface area contributed by atoms with Crippen LogP contribution in [0, 0.1) is 5.92 Å². The molecule has 1 aromatic carbocycles. The SMILES string of the molecule is COc1cc(NC(=O)CC(N)C(C)C)c(Br)cc1Br. The molecule has 3 N–H and O–H groups in total. The van der Waals surface area contributed by atoms with E-state index in [1.807, 2.05) is 19.9 Å². The maximum Gasteiger partial charge on any atom is 0.225 e.